The van der Waals surface area contributed by atoms with Crippen LogP contribution in [0.1, 0.15) is 22.9 Å². The van der Waals surface area contributed by atoms with E-state index < -0.39 is 6.10 Å². The molecule has 0 saturated carbocycles. The molecule has 0 aliphatic heterocycles. The fourth-order valence-electron chi connectivity index (χ4n) is 0.861. The lowest BCUT2D eigenvalue weighted by Crippen LogP contribution is -2.09. The van der Waals surface area contributed by atoms with Crippen molar-refractivity contribution >= 4 is 11.3 Å². The first-order valence-electron chi connectivity index (χ1n) is 3.87. The number of aromatic nitrogens is 1. The molecular weight excluding hydrogens is 172 g/mol. The monoisotopic (exact) mass is 186 g/mol. The summed E-state index contributed by atoms with van der Waals surface area (Å²) in [5, 5.41) is 10.3. The normalized spacial score (nSPS) is 13.8. The van der Waals surface area contributed by atoms with Crippen molar-refractivity contribution in [2.24, 2.45) is 0 Å². The van der Waals surface area contributed by atoms with Crippen molar-refractivity contribution in [1.29, 1.82) is 0 Å². The number of thiazole rings is 1. The number of hydrogen-bond acceptors (Lipinski definition) is 4. The molecule has 0 aliphatic rings. The van der Waals surface area contributed by atoms with Gasteiger partial charge in [-0.25, -0.2) is 4.98 Å². The minimum absolute atomic E-state index is 0.390. The van der Waals surface area contributed by atoms with Gasteiger partial charge in [-0.15, -0.1) is 11.3 Å². The van der Waals surface area contributed by atoms with Crippen LogP contribution < -0.4 is 0 Å². The van der Waals surface area contributed by atoms with Gasteiger partial charge in [0, 0.05) is 12.7 Å². The minimum atomic E-state index is -0.390. The van der Waals surface area contributed by atoms with Crippen LogP contribution in [0.5, 0.6) is 0 Å². The van der Waals surface area contributed by atoms with Crippen LogP contribution in [0.15, 0.2) is 6.20 Å². The van der Waals surface area contributed by atoms with Crippen LogP contribution in [0.4, 0.5) is 0 Å². The molecule has 0 aromatic carbocycles. The average Bonchev–Trinajstić information content (AvgIpc) is 2.34. The summed E-state index contributed by atoms with van der Waals surface area (Å²) < 4.78 is 0. The molecule has 0 aliphatic carbocycles. The molecule has 4 heteroatoms. The Labute approximate surface area is 76.7 Å². The van der Waals surface area contributed by atoms with Crippen LogP contribution in [0.3, 0.4) is 0 Å². The Morgan fingerprint density at radius 3 is 2.75 bits per heavy atom. The van der Waals surface area contributed by atoms with Crippen molar-refractivity contribution < 1.29 is 5.11 Å². The van der Waals surface area contributed by atoms with E-state index in [1.807, 2.05) is 14.1 Å². The molecule has 1 aromatic heterocycles. The Hall–Kier alpha value is -0.450. The Balaban J connectivity index is 2.64. The molecule has 1 rings (SSSR count). The van der Waals surface area contributed by atoms with E-state index in [-0.39, 0.29) is 0 Å². The van der Waals surface area contributed by atoms with Crippen LogP contribution in [0.2, 0.25) is 0 Å². The molecule has 0 fully saturated rings. The second kappa shape index (κ2) is 3.98. The fourth-order valence-corrected chi connectivity index (χ4v) is 1.84. The minimum Gasteiger partial charge on any atom is -0.388 e. The topological polar surface area (TPSA) is 36.4 Å². The summed E-state index contributed by atoms with van der Waals surface area (Å²) in [6.07, 6.45) is 1.35. The van der Waals surface area contributed by atoms with Gasteiger partial charge in [0.15, 0.2) is 0 Å². The first kappa shape index (κ1) is 9.64. The van der Waals surface area contributed by atoms with Gasteiger partial charge in [-0.1, -0.05) is 0 Å². The zero-order valence-corrected chi connectivity index (χ0v) is 8.43. The number of hydrogen-bond donors (Lipinski definition) is 1. The summed E-state index contributed by atoms with van der Waals surface area (Å²) in [5.74, 6) is 0. The first-order valence-corrected chi connectivity index (χ1v) is 4.68. The first-order chi connectivity index (χ1) is 5.59. The molecule has 0 amide bonds. The number of nitrogens with zero attached hydrogens (tertiary/aromatic N) is 2. The molecule has 1 heterocycles. The predicted molar refractivity (Wildman–Crippen MR) is 50.1 cm³/mol. The highest BCUT2D eigenvalue weighted by molar-refractivity contribution is 7.11. The van der Waals surface area contributed by atoms with E-state index in [1.54, 1.807) is 24.5 Å². The van der Waals surface area contributed by atoms with Gasteiger partial charge >= 0.3 is 0 Å². The smallest absolute Gasteiger partial charge is 0.107 e. The third-order valence-corrected chi connectivity index (χ3v) is 2.59. The second-order valence-electron chi connectivity index (χ2n) is 3.07. The highest BCUT2D eigenvalue weighted by Gasteiger charge is 2.06. The van der Waals surface area contributed by atoms with Crippen LogP contribution >= 0.6 is 11.3 Å². The van der Waals surface area contributed by atoms with Gasteiger partial charge in [0.05, 0.1) is 11.0 Å². The fraction of sp³-hybridized carbons (Fsp3) is 0.625. The molecule has 0 spiro atoms. The van der Waals surface area contributed by atoms with Crippen LogP contribution in [0, 0.1) is 0 Å². The number of rotatable bonds is 3. The van der Waals surface area contributed by atoms with Crippen LogP contribution in [-0.2, 0) is 6.54 Å². The van der Waals surface area contributed by atoms with E-state index in [2.05, 4.69) is 9.88 Å². The second-order valence-corrected chi connectivity index (χ2v) is 4.22. The lowest BCUT2D eigenvalue weighted by molar-refractivity contribution is 0.203. The summed E-state index contributed by atoms with van der Waals surface area (Å²) in [6, 6.07) is 0. The third-order valence-electron chi connectivity index (χ3n) is 1.43. The van der Waals surface area contributed by atoms with Gasteiger partial charge < -0.3 is 10.0 Å². The van der Waals surface area contributed by atoms with E-state index in [9.17, 15) is 5.11 Å². The molecule has 1 unspecified atom stereocenters. The zero-order chi connectivity index (χ0) is 9.14. The van der Waals surface area contributed by atoms with Crippen LogP contribution in [0.25, 0.3) is 0 Å². The van der Waals surface area contributed by atoms with Crippen LogP contribution in [-0.4, -0.2) is 29.1 Å². The van der Waals surface area contributed by atoms with Crippen molar-refractivity contribution in [3.63, 3.8) is 0 Å². The van der Waals surface area contributed by atoms with Gasteiger partial charge in [-0.2, -0.15) is 0 Å². The summed E-state index contributed by atoms with van der Waals surface area (Å²) in [4.78, 5) is 7.19. The molecule has 12 heavy (non-hydrogen) atoms. The van der Waals surface area contributed by atoms with Gasteiger partial charge in [-0.05, 0) is 21.0 Å². The summed E-state index contributed by atoms with van der Waals surface area (Å²) in [6.45, 7) is 2.60. The zero-order valence-electron chi connectivity index (χ0n) is 7.61. The SMILES string of the molecule is CC(O)c1cnc(CN(C)C)s1. The molecule has 1 N–H and O–H groups in total. The summed E-state index contributed by atoms with van der Waals surface area (Å²) in [5.41, 5.74) is 0. The van der Waals surface area contributed by atoms with E-state index in [1.165, 1.54) is 0 Å². The molecule has 1 aromatic rings. The van der Waals surface area contributed by atoms with Gasteiger partial charge in [0.2, 0.25) is 0 Å². The van der Waals surface area contributed by atoms with E-state index in [4.69, 9.17) is 0 Å². The standard InChI is InChI=1S/C8H14N2OS/c1-6(11)7-4-9-8(12-7)5-10(2)3/h4,6,11H,5H2,1-3H3. The summed E-state index contributed by atoms with van der Waals surface area (Å²) in [7, 11) is 4.01. The largest absolute Gasteiger partial charge is 0.388 e. The molecule has 1 atom stereocenters. The van der Waals surface area contributed by atoms with Gasteiger partial charge in [0.25, 0.3) is 0 Å². The van der Waals surface area contributed by atoms with E-state index >= 15 is 0 Å². The summed E-state index contributed by atoms with van der Waals surface area (Å²) >= 11 is 1.57. The molecule has 0 bridgehead atoms. The molecule has 0 radical (unpaired) electrons. The van der Waals surface area contributed by atoms with Crippen molar-refractivity contribution in [3.8, 4) is 0 Å². The highest BCUT2D eigenvalue weighted by atomic mass is 32.1. The molecule has 68 valence electrons. The third kappa shape index (κ3) is 2.55. The average molecular weight is 186 g/mol. The highest BCUT2D eigenvalue weighted by Crippen LogP contribution is 2.20. The van der Waals surface area contributed by atoms with Crippen molar-refractivity contribution in [2.45, 2.75) is 19.6 Å². The lowest BCUT2D eigenvalue weighted by Gasteiger charge is -2.04. The Kier molecular flexibility index (Phi) is 3.20. The Morgan fingerprint density at radius 2 is 2.33 bits per heavy atom. The number of aliphatic hydroxyl groups excluding tert-OH is 1. The quantitative estimate of drug-likeness (QED) is 0.772. The van der Waals surface area contributed by atoms with Gasteiger partial charge in [-0.3, -0.25) is 0 Å². The Morgan fingerprint density at radius 1 is 1.67 bits per heavy atom. The molecule has 0 saturated heterocycles. The maximum atomic E-state index is 9.23. The van der Waals surface area contributed by atoms with Crippen molar-refractivity contribution in [3.05, 3.63) is 16.1 Å². The van der Waals surface area contributed by atoms with Crippen molar-refractivity contribution in [2.75, 3.05) is 14.1 Å². The number of aliphatic hydroxyl groups is 1. The van der Waals surface area contributed by atoms with Gasteiger partial charge in [0.1, 0.15) is 5.01 Å². The maximum Gasteiger partial charge on any atom is 0.107 e. The molecule has 3 nitrogen and oxygen atoms in total. The van der Waals surface area contributed by atoms with E-state index in [0.29, 0.717) is 0 Å². The Bertz CT molecular complexity index is 245. The molecular formula is C8H14N2OS. The lowest BCUT2D eigenvalue weighted by atomic mass is 10.4. The van der Waals surface area contributed by atoms with Crippen molar-refractivity contribution in [1.82, 2.24) is 9.88 Å². The van der Waals surface area contributed by atoms with E-state index in [0.717, 1.165) is 16.4 Å². The maximum absolute atomic E-state index is 9.23. The predicted octanol–water partition coefficient (Wildman–Crippen LogP) is 1.26.